The standard InChI is InChI=1S/C16H14FNO3S/c17-13-4-2-1-3-11(13)8-22-9-16(19)18-12-5-6-14-15(7-12)21-10-20-14/h1-7H,8-10H2,(H,18,19). The summed E-state index contributed by atoms with van der Waals surface area (Å²) in [5, 5.41) is 2.78. The van der Waals surface area contributed by atoms with Crippen LogP contribution in [0.2, 0.25) is 0 Å². The number of ether oxygens (including phenoxy) is 2. The minimum absolute atomic E-state index is 0.139. The quantitative estimate of drug-likeness (QED) is 0.917. The lowest BCUT2D eigenvalue weighted by molar-refractivity contribution is -0.113. The summed E-state index contributed by atoms with van der Waals surface area (Å²) in [6, 6.07) is 11.8. The molecule has 0 fully saturated rings. The summed E-state index contributed by atoms with van der Waals surface area (Å²) in [4.78, 5) is 11.9. The topological polar surface area (TPSA) is 47.6 Å². The highest BCUT2D eigenvalue weighted by molar-refractivity contribution is 7.99. The fraction of sp³-hybridized carbons (Fsp3) is 0.188. The zero-order valence-electron chi connectivity index (χ0n) is 11.7. The maximum atomic E-state index is 13.4. The Hall–Kier alpha value is -2.21. The molecule has 1 aliphatic heterocycles. The number of anilines is 1. The molecule has 0 atom stereocenters. The lowest BCUT2D eigenvalue weighted by Crippen LogP contribution is -2.14. The number of thioether (sulfide) groups is 1. The van der Waals surface area contributed by atoms with Crippen LogP contribution in [0.15, 0.2) is 42.5 Å². The summed E-state index contributed by atoms with van der Waals surface area (Å²) >= 11 is 1.37. The molecule has 0 saturated heterocycles. The van der Waals surface area contributed by atoms with Crippen LogP contribution in [-0.2, 0) is 10.5 Å². The molecule has 2 aromatic rings. The first kappa shape index (κ1) is 14.7. The normalized spacial score (nSPS) is 12.2. The summed E-state index contributed by atoms with van der Waals surface area (Å²) in [5.41, 5.74) is 1.25. The van der Waals surface area contributed by atoms with E-state index in [2.05, 4.69) is 5.32 Å². The number of carbonyl (C=O) groups is 1. The van der Waals surface area contributed by atoms with Crippen molar-refractivity contribution in [3.8, 4) is 11.5 Å². The molecule has 0 aliphatic carbocycles. The van der Waals surface area contributed by atoms with E-state index in [1.165, 1.54) is 17.8 Å². The number of amides is 1. The van der Waals surface area contributed by atoms with Crippen LogP contribution in [0.5, 0.6) is 11.5 Å². The Labute approximate surface area is 131 Å². The first-order valence-corrected chi connectivity index (χ1v) is 7.88. The second-order valence-electron chi connectivity index (χ2n) is 4.70. The van der Waals surface area contributed by atoms with Crippen molar-refractivity contribution in [2.45, 2.75) is 5.75 Å². The largest absolute Gasteiger partial charge is 0.454 e. The summed E-state index contributed by atoms with van der Waals surface area (Å²) in [6.07, 6.45) is 0. The third kappa shape index (κ3) is 3.51. The molecule has 114 valence electrons. The second-order valence-corrected chi connectivity index (χ2v) is 5.69. The van der Waals surface area contributed by atoms with Gasteiger partial charge >= 0.3 is 0 Å². The van der Waals surface area contributed by atoms with Crippen LogP contribution >= 0.6 is 11.8 Å². The molecule has 1 amide bonds. The molecule has 0 unspecified atom stereocenters. The zero-order valence-corrected chi connectivity index (χ0v) is 12.5. The summed E-state index contributed by atoms with van der Waals surface area (Å²) in [6.45, 7) is 0.200. The Morgan fingerprint density at radius 1 is 1.18 bits per heavy atom. The number of nitrogens with one attached hydrogen (secondary N) is 1. The van der Waals surface area contributed by atoms with E-state index in [1.54, 1.807) is 36.4 Å². The van der Waals surface area contributed by atoms with E-state index in [0.717, 1.165) is 0 Å². The molecule has 0 aromatic heterocycles. The van der Waals surface area contributed by atoms with Gasteiger partial charge in [0.05, 0.1) is 5.75 Å². The second kappa shape index (κ2) is 6.70. The average Bonchev–Trinajstić information content (AvgIpc) is 2.97. The van der Waals surface area contributed by atoms with Crippen molar-refractivity contribution in [3.05, 3.63) is 53.8 Å². The van der Waals surface area contributed by atoms with Crippen LogP contribution in [-0.4, -0.2) is 18.5 Å². The third-order valence-corrected chi connectivity index (χ3v) is 4.09. The van der Waals surface area contributed by atoms with E-state index >= 15 is 0 Å². The third-order valence-electron chi connectivity index (χ3n) is 3.10. The van der Waals surface area contributed by atoms with Crippen LogP contribution < -0.4 is 14.8 Å². The Morgan fingerprint density at radius 3 is 2.86 bits per heavy atom. The van der Waals surface area contributed by atoms with Crippen LogP contribution in [0.3, 0.4) is 0 Å². The van der Waals surface area contributed by atoms with E-state index in [-0.39, 0.29) is 24.3 Å². The van der Waals surface area contributed by atoms with Gasteiger partial charge in [0.25, 0.3) is 0 Å². The van der Waals surface area contributed by atoms with E-state index in [9.17, 15) is 9.18 Å². The molecule has 0 spiro atoms. The number of fused-ring (bicyclic) bond motifs is 1. The fourth-order valence-corrected chi connectivity index (χ4v) is 2.85. The van der Waals surface area contributed by atoms with Crippen molar-refractivity contribution in [1.29, 1.82) is 0 Å². The zero-order chi connectivity index (χ0) is 15.4. The van der Waals surface area contributed by atoms with Crippen LogP contribution in [0.4, 0.5) is 10.1 Å². The molecule has 1 N–H and O–H groups in total. The van der Waals surface area contributed by atoms with E-state index < -0.39 is 0 Å². The highest BCUT2D eigenvalue weighted by Crippen LogP contribution is 2.34. The van der Waals surface area contributed by atoms with Crippen molar-refractivity contribution >= 4 is 23.4 Å². The smallest absolute Gasteiger partial charge is 0.234 e. The number of halogens is 1. The minimum Gasteiger partial charge on any atom is -0.454 e. The molecule has 4 nitrogen and oxygen atoms in total. The predicted octanol–water partition coefficient (Wildman–Crippen LogP) is 3.43. The van der Waals surface area contributed by atoms with Gasteiger partial charge < -0.3 is 14.8 Å². The first-order valence-electron chi connectivity index (χ1n) is 6.73. The van der Waals surface area contributed by atoms with E-state index in [4.69, 9.17) is 9.47 Å². The number of hydrogen-bond donors (Lipinski definition) is 1. The molecule has 1 aliphatic rings. The predicted molar refractivity (Wildman–Crippen MR) is 83.8 cm³/mol. The number of benzene rings is 2. The number of rotatable bonds is 5. The van der Waals surface area contributed by atoms with Crippen molar-refractivity contribution in [1.82, 2.24) is 0 Å². The lowest BCUT2D eigenvalue weighted by atomic mass is 10.2. The number of hydrogen-bond acceptors (Lipinski definition) is 4. The van der Waals surface area contributed by atoms with Crippen molar-refractivity contribution in [2.24, 2.45) is 0 Å². The number of carbonyl (C=O) groups excluding carboxylic acids is 1. The minimum atomic E-state index is -0.244. The van der Waals surface area contributed by atoms with Gasteiger partial charge in [0, 0.05) is 17.5 Å². The van der Waals surface area contributed by atoms with Gasteiger partial charge in [0.15, 0.2) is 11.5 Å². The Bertz CT molecular complexity index is 693. The Kier molecular flexibility index (Phi) is 4.48. The molecule has 0 radical (unpaired) electrons. The van der Waals surface area contributed by atoms with Gasteiger partial charge in [-0.2, -0.15) is 0 Å². The molecular weight excluding hydrogens is 305 g/mol. The molecule has 6 heteroatoms. The first-order chi connectivity index (χ1) is 10.7. The molecular formula is C16H14FNO3S. The van der Waals surface area contributed by atoms with Gasteiger partial charge in [-0.25, -0.2) is 4.39 Å². The maximum absolute atomic E-state index is 13.4. The van der Waals surface area contributed by atoms with Gasteiger partial charge in [-0.3, -0.25) is 4.79 Å². The van der Waals surface area contributed by atoms with Crippen molar-refractivity contribution in [3.63, 3.8) is 0 Å². The van der Waals surface area contributed by atoms with Crippen LogP contribution in [0.1, 0.15) is 5.56 Å². The molecule has 0 bridgehead atoms. The molecule has 1 heterocycles. The van der Waals surface area contributed by atoms with Crippen molar-refractivity contribution in [2.75, 3.05) is 17.9 Å². The Balaban J connectivity index is 1.49. The molecule has 0 saturated carbocycles. The molecule has 22 heavy (non-hydrogen) atoms. The summed E-state index contributed by atoms with van der Waals surface area (Å²) in [7, 11) is 0. The van der Waals surface area contributed by atoms with Gasteiger partial charge in [0.2, 0.25) is 12.7 Å². The Morgan fingerprint density at radius 2 is 2.00 bits per heavy atom. The summed E-state index contributed by atoms with van der Waals surface area (Å²) < 4.78 is 23.9. The van der Waals surface area contributed by atoms with Gasteiger partial charge in [0.1, 0.15) is 5.82 Å². The molecule has 2 aromatic carbocycles. The fourth-order valence-electron chi connectivity index (χ4n) is 2.04. The molecule has 3 rings (SSSR count). The monoisotopic (exact) mass is 319 g/mol. The average molecular weight is 319 g/mol. The summed E-state index contributed by atoms with van der Waals surface area (Å²) in [5.74, 6) is 1.62. The SMILES string of the molecule is O=C(CSCc1ccccc1F)Nc1ccc2c(c1)OCO2. The van der Waals surface area contributed by atoms with Crippen LogP contribution in [0, 0.1) is 5.82 Å². The van der Waals surface area contributed by atoms with Gasteiger partial charge in [-0.1, -0.05) is 18.2 Å². The van der Waals surface area contributed by atoms with E-state index in [1.807, 2.05) is 0 Å². The maximum Gasteiger partial charge on any atom is 0.234 e. The van der Waals surface area contributed by atoms with E-state index in [0.29, 0.717) is 28.5 Å². The van der Waals surface area contributed by atoms with Gasteiger partial charge in [-0.15, -0.1) is 11.8 Å². The van der Waals surface area contributed by atoms with Crippen LogP contribution in [0.25, 0.3) is 0 Å². The van der Waals surface area contributed by atoms with Gasteiger partial charge in [-0.05, 0) is 23.8 Å². The van der Waals surface area contributed by atoms with Crippen molar-refractivity contribution < 1.29 is 18.7 Å². The highest BCUT2D eigenvalue weighted by Gasteiger charge is 2.14. The lowest BCUT2D eigenvalue weighted by Gasteiger charge is -2.06. The highest BCUT2D eigenvalue weighted by atomic mass is 32.2.